The molecule has 3 atom stereocenters. The van der Waals surface area contributed by atoms with E-state index in [1.54, 1.807) is 24.3 Å². The number of rotatable bonds is 7. The van der Waals surface area contributed by atoms with E-state index < -0.39 is 14.0 Å². The number of hydrogen-bond acceptors (Lipinski definition) is 5. The molecule has 24 heavy (non-hydrogen) atoms. The highest BCUT2D eigenvalue weighted by Gasteiger charge is 2.29. The van der Waals surface area contributed by atoms with Crippen LogP contribution in [0.3, 0.4) is 0 Å². The third-order valence-electron chi connectivity index (χ3n) is 4.18. The van der Waals surface area contributed by atoms with Crippen molar-refractivity contribution in [2.75, 3.05) is 13.2 Å². The molecular formula is C17H24NO5P. The van der Waals surface area contributed by atoms with E-state index >= 15 is 0 Å². The summed E-state index contributed by atoms with van der Waals surface area (Å²) in [4.78, 5) is 31.9. The zero-order valence-corrected chi connectivity index (χ0v) is 14.7. The number of carboxylic acids is 1. The third kappa shape index (κ3) is 5.36. The van der Waals surface area contributed by atoms with Gasteiger partial charge in [-0.15, -0.1) is 0 Å². The van der Waals surface area contributed by atoms with Gasteiger partial charge in [-0.25, -0.2) is 4.79 Å². The van der Waals surface area contributed by atoms with Gasteiger partial charge in [0.1, 0.15) is 6.10 Å². The maximum Gasteiger partial charge on any atom is 0.335 e. The molecule has 0 bridgehead atoms. The number of morpholine rings is 1. The summed E-state index contributed by atoms with van der Waals surface area (Å²) in [7, 11) is -2.32. The van der Waals surface area contributed by atoms with Gasteiger partial charge in [0.15, 0.2) is 5.29 Å². The Kier molecular flexibility index (Phi) is 7.34. The predicted octanol–water partition coefficient (Wildman–Crippen LogP) is 1.31. The molecule has 132 valence electrons. The summed E-state index contributed by atoms with van der Waals surface area (Å²) in [6.07, 6.45) is 2.89. The molecule has 7 heteroatoms. The average Bonchev–Trinajstić information content (AvgIpc) is 2.57. The lowest BCUT2D eigenvalue weighted by molar-refractivity contribution is -0.168. The summed E-state index contributed by atoms with van der Waals surface area (Å²) in [5.41, 5.74) is 1.30. The van der Waals surface area contributed by atoms with Crippen molar-refractivity contribution in [1.82, 2.24) is 5.32 Å². The van der Waals surface area contributed by atoms with Gasteiger partial charge in [0, 0.05) is 19.0 Å². The van der Waals surface area contributed by atoms with Crippen LogP contribution in [-0.2, 0) is 11.2 Å². The van der Waals surface area contributed by atoms with Gasteiger partial charge in [0.2, 0.25) is 8.00 Å². The van der Waals surface area contributed by atoms with Crippen LogP contribution < -0.4 is 10.2 Å². The van der Waals surface area contributed by atoms with Gasteiger partial charge < -0.3 is 20.1 Å². The van der Waals surface area contributed by atoms with E-state index in [1.807, 2.05) is 6.92 Å². The fourth-order valence-corrected chi connectivity index (χ4v) is 3.54. The molecule has 0 aromatic heterocycles. The number of ether oxygens (including phenoxy) is 1. The highest BCUT2D eigenvalue weighted by atomic mass is 31.1. The molecule has 0 saturated carbocycles. The first-order valence-electron chi connectivity index (χ1n) is 8.20. The van der Waals surface area contributed by atoms with Crippen LogP contribution in [0, 0.1) is 0 Å². The summed E-state index contributed by atoms with van der Waals surface area (Å²) in [6.45, 7) is 3.04. The largest absolute Gasteiger partial charge is 0.603 e. The topological polar surface area (TPSA) is 102 Å². The van der Waals surface area contributed by atoms with Crippen LogP contribution in [-0.4, -0.2) is 46.6 Å². The van der Waals surface area contributed by atoms with Gasteiger partial charge >= 0.3 is 5.97 Å². The number of carbonyl (C=O) groups is 1. The van der Waals surface area contributed by atoms with Crippen molar-refractivity contribution in [1.29, 1.82) is 0 Å². The van der Waals surface area contributed by atoms with Crippen molar-refractivity contribution in [2.24, 2.45) is 0 Å². The fourth-order valence-electron chi connectivity index (χ4n) is 2.77. The molecule has 0 spiro atoms. The maximum absolute atomic E-state index is 11.5. The molecule has 2 rings (SSSR count). The van der Waals surface area contributed by atoms with Crippen LogP contribution in [0.5, 0.6) is 0 Å². The van der Waals surface area contributed by atoms with E-state index in [0.29, 0.717) is 24.9 Å². The minimum Gasteiger partial charge on any atom is -0.603 e. The van der Waals surface area contributed by atoms with Crippen molar-refractivity contribution in [2.45, 2.75) is 44.8 Å². The first kappa shape index (κ1) is 19.0. The van der Waals surface area contributed by atoms with E-state index in [4.69, 9.17) is 9.84 Å². The number of benzene rings is 1. The summed E-state index contributed by atoms with van der Waals surface area (Å²) in [5, 5.41) is 12.9. The molecule has 6 nitrogen and oxygen atoms in total. The molecule has 1 aliphatic heterocycles. The molecule has 1 aromatic rings. The maximum atomic E-state index is 11.5. The number of carboxylic acid groups (broad SMARTS) is 1. The second kappa shape index (κ2) is 9.25. The van der Waals surface area contributed by atoms with Crippen molar-refractivity contribution in [3.05, 3.63) is 35.4 Å². The highest BCUT2D eigenvalue weighted by molar-refractivity contribution is 7.46. The average molecular weight is 353 g/mol. The van der Waals surface area contributed by atoms with Crippen molar-refractivity contribution in [3.8, 4) is 0 Å². The molecule has 0 aliphatic carbocycles. The molecule has 1 fully saturated rings. The van der Waals surface area contributed by atoms with Gasteiger partial charge in [-0.05, 0) is 30.5 Å². The van der Waals surface area contributed by atoms with Crippen LogP contribution in [0.25, 0.3) is 0 Å². The van der Waals surface area contributed by atoms with E-state index in [1.165, 1.54) is 0 Å². The Morgan fingerprint density at radius 1 is 1.42 bits per heavy atom. The van der Waals surface area contributed by atoms with Gasteiger partial charge in [-0.1, -0.05) is 25.5 Å². The van der Waals surface area contributed by atoms with Crippen molar-refractivity contribution in [3.63, 3.8) is 0 Å². The Balaban J connectivity index is 1.88. The zero-order chi connectivity index (χ0) is 17.5. The van der Waals surface area contributed by atoms with Gasteiger partial charge in [0.25, 0.3) is 0 Å². The summed E-state index contributed by atoms with van der Waals surface area (Å²) in [6, 6.07) is 6.91. The predicted molar refractivity (Wildman–Crippen MR) is 92.3 cm³/mol. The Labute approximate surface area is 143 Å². The second-order valence-corrected chi connectivity index (χ2v) is 7.12. The minimum atomic E-state index is -2.32. The molecule has 3 N–H and O–H groups in total. The molecule has 1 aromatic carbocycles. The van der Waals surface area contributed by atoms with Crippen LogP contribution in [0.2, 0.25) is 0 Å². The number of unbranched alkanes of at least 4 members (excludes halogenated alkanes) is 1. The monoisotopic (exact) mass is 353 g/mol. The van der Waals surface area contributed by atoms with Crippen molar-refractivity contribution >= 4 is 19.3 Å². The molecule has 0 radical (unpaired) electrons. The Bertz CT molecular complexity index is 575. The van der Waals surface area contributed by atoms with Gasteiger partial charge in [0.05, 0.1) is 12.2 Å². The summed E-state index contributed by atoms with van der Waals surface area (Å²) < 4.78 is 5.81. The Hall–Kier alpha value is -1.30. The first-order chi connectivity index (χ1) is 11.5. The van der Waals surface area contributed by atoms with E-state index in [0.717, 1.165) is 24.8 Å². The zero-order valence-electron chi connectivity index (χ0n) is 13.8. The highest BCUT2D eigenvalue weighted by Crippen LogP contribution is 2.19. The SMILES string of the molecule is CCCCC([C@H]1CN[C@H](Cc2ccc(C(=O)O)cc2)CO1)=[P+]([O-])O. The minimum absolute atomic E-state index is 0.112. The smallest absolute Gasteiger partial charge is 0.335 e. The van der Waals surface area contributed by atoms with E-state index in [9.17, 15) is 14.6 Å². The first-order valence-corrected chi connectivity index (χ1v) is 9.41. The lowest BCUT2D eigenvalue weighted by atomic mass is 10.0. The lowest BCUT2D eigenvalue weighted by Gasteiger charge is -2.30. The standard InChI is InChI=1S/C17H24NO5P/c1-2-3-4-16(24(21)22)15-10-18-14(11-23-15)9-12-5-7-13(8-6-12)17(19)20/h5-8,14-15,18H,2-4,9-11H2,1H3,(H,19,20)(H,21,22)/t14-,15-/m1/s1. The summed E-state index contributed by atoms with van der Waals surface area (Å²) in [5.74, 6) is -0.934. The van der Waals surface area contributed by atoms with Crippen molar-refractivity contribution < 1.29 is 24.4 Å². The molecule has 1 heterocycles. The number of aromatic carboxylic acids is 1. The molecule has 0 amide bonds. The Morgan fingerprint density at radius 3 is 2.62 bits per heavy atom. The van der Waals surface area contributed by atoms with Crippen LogP contribution in [0.1, 0.15) is 42.1 Å². The molecule has 1 unspecified atom stereocenters. The van der Waals surface area contributed by atoms with Crippen LogP contribution >= 0.6 is 8.00 Å². The number of hydrogen-bond donors (Lipinski definition) is 3. The second-order valence-electron chi connectivity index (χ2n) is 6.00. The van der Waals surface area contributed by atoms with Crippen LogP contribution in [0.4, 0.5) is 0 Å². The van der Waals surface area contributed by atoms with E-state index in [2.05, 4.69) is 5.32 Å². The van der Waals surface area contributed by atoms with Gasteiger partial charge in [-0.2, -0.15) is 4.89 Å². The molecule has 1 saturated heterocycles. The van der Waals surface area contributed by atoms with E-state index in [-0.39, 0.29) is 17.7 Å². The normalized spacial score (nSPS) is 22.1. The lowest BCUT2D eigenvalue weighted by Crippen LogP contribution is -2.50. The Morgan fingerprint density at radius 2 is 2.12 bits per heavy atom. The molecular weight excluding hydrogens is 329 g/mol. The molecule has 1 aliphatic rings. The fraction of sp³-hybridized carbons (Fsp3) is 0.529. The summed E-state index contributed by atoms with van der Waals surface area (Å²) >= 11 is 0. The quantitative estimate of drug-likeness (QED) is 0.639. The van der Waals surface area contributed by atoms with Crippen LogP contribution in [0.15, 0.2) is 24.3 Å². The van der Waals surface area contributed by atoms with Gasteiger partial charge in [-0.3, -0.25) is 0 Å². The number of nitrogens with one attached hydrogen (secondary N) is 1. The third-order valence-corrected chi connectivity index (χ3v) is 5.18.